The first kappa shape index (κ1) is 11.9. The van der Waals surface area contributed by atoms with E-state index in [1.165, 1.54) is 0 Å². The van der Waals surface area contributed by atoms with Crippen molar-refractivity contribution in [1.82, 2.24) is 5.32 Å². The van der Waals surface area contributed by atoms with Crippen LogP contribution in [0.1, 0.15) is 12.8 Å². The van der Waals surface area contributed by atoms with Crippen molar-refractivity contribution >= 4 is 0 Å². The zero-order valence-corrected chi connectivity index (χ0v) is 8.48. The van der Waals surface area contributed by atoms with Gasteiger partial charge in [0.15, 0.2) is 6.29 Å². The van der Waals surface area contributed by atoms with Crippen LogP contribution in [-0.4, -0.2) is 55.5 Å². The van der Waals surface area contributed by atoms with Crippen molar-refractivity contribution in [2.24, 2.45) is 0 Å². The molecule has 0 spiro atoms. The molecule has 1 fully saturated rings. The second-order valence-electron chi connectivity index (χ2n) is 3.41. The van der Waals surface area contributed by atoms with Crippen molar-refractivity contribution in [1.29, 1.82) is 0 Å². The van der Waals surface area contributed by atoms with Gasteiger partial charge in [0.25, 0.3) is 0 Å². The topological polar surface area (TPSA) is 71.0 Å². The molecule has 1 aliphatic rings. The molecule has 0 aliphatic carbocycles. The van der Waals surface area contributed by atoms with Crippen LogP contribution in [0, 0.1) is 0 Å². The van der Waals surface area contributed by atoms with Gasteiger partial charge in [0, 0.05) is 26.6 Å². The first-order chi connectivity index (χ1) is 6.77. The minimum absolute atomic E-state index is 0.0938. The zero-order valence-electron chi connectivity index (χ0n) is 8.48. The second kappa shape index (κ2) is 6.31. The fourth-order valence-corrected chi connectivity index (χ4v) is 1.53. The maximum absolute atomic E-state index is 9.60. The highest BCUT2D eigenvalue weighted by atomic mass is 16.7. The van der Waals surface area contributed by atoms with Crippen molar-refractivity contribution in [2.45, 2.75) is 31.3 Å². The van der Waals surface area contributed by atoms with E-state index in [2.05, 4.69) is 5.32 Å². The number of hydrogen-bond donors (Lipinski definition) is 3. The third kappa shape index (κ3) is 3.51. The molecule has 0 aromatic heterocycles. The number of aliphatic hydroxyl groups excluding tert-OH is 2. The fraction of sp³-hybridized carbons (Fsp3) is 1.00. The van der Waals surface area contributed by atoms with E-state index in [1.54, 1.807) is 7.11 Å². The summed E-state index contributed by atoms with van der Waals surface area (Å²) in [5.74, 6) is 0. The first-order valence-electron chi connectivity index (χ1n) is 4.95. The minimum Gasteiger partial charge on any atom is -0.395 e. The lowest BCUT2D eigenvalue weighted by Gasteiger charge is -2.33. The van der Waals surface area contributed by atoms with Crippen LogP contribution in [0.25, 0.3) is 0 Å². The molecule has 1 rings (SSSR count). The minimum atomic E-state index is -0.437. The summed E-state index contributed by atoms with van der Waals surface area (Å²) in [6.45, 7) is 1.16. The summed E-state index contributed by atoms with van der Waals surface area (Å²) >= 11 is 0. The SMILES string of the molecule is CO[C@@H]1CC[C@H](O)C(CNCCO)O1. The Labute approximate surface area is 84.0 Å². The van der Waals surface area contributed by atoms with Gasteiger partial charge in [-0.15, -0.1) is 0 Å². The molecule has 0 saturated carbocycles. The smallest absolute Gasteiger partial charge is 0.157 e. The van der Waals surface area contributed by atoms with Crippen LogP contribution in [0.2, 0.25) is 0 Å². The quantitative estimate of drug-likeness (QED) is 0.506. The molecule has 3 N–H and O–H groups in total. The second-order valence-corrected chi connectivity index (χ2v) is 3.41. The summed E-state index contributed by atoms with van der Waals surface area (Å²) < 4.78 is 10.5. The molecular formula is C9H19NO4. The summed E-state index contributed by atoms with van der Waals surface area (Å²) in [5, 5.41) is 21.2. The predicted octanol–water partition coefficient (Wildman–Crippen LogP) is -0.919. The van der Waals surface area contributed by atoms with Gasteiger partial charge in [0.05, 0.1) is 18.8 Å². The van der Waals surface area contributed by atoms with E-state index in [-0.39, 0.29) is 19.0 Å². The van der Waals surface area contributed by atoms with Gasteiger partial charge in [-0.25, -0.2) is 0 Å². The van der Waals surface area contributed by atoms with E-state index in [0.717, 1.165) is 6.42 Å². The van der Waals surface area contributed by atoms with E-state index in [0.29, 0.717) is 19.5 Å². The Bertz CT molecular complexity index is 156. The van der Waals surface area contributed by atoms with Gasteiger partial charge >= 0.3 is 0 Å². The summed E-state index contributed by atoms with van der Waals surface area (Å²) in [6.07, 6.45) is 0.546. The largest absolute Gasteiger partial charge is 0.395 e. The van der Waals surface area contributed by atoms with Crippen molar-refractivity contribution in [2.75, 3.05) is 26.8 Å². The van der Waals surface area contributed by atoms with Gasteiger partial charge in [-0.2, -0.15) is 0 Å². The first-order valence-corrected chi connectivity index (χ1v) is 4.95. The number of aliphatic hydroxyl groups is 2. The lowest BCUT2D eigenvalue weighted by atomic mass is 10.0. The van der Waals surface area contributed by atoms with E-state index >= 15 is 0 Å². The molecular weight excluding hydrogens is 186 g/mol. The molecule has 5 heteroatoms. The molecule has 0 aromatic rings. The number of hydrogen-bond acceptors (Lipinski definition) is 5. The van der Waals surface area contributed by atoms with E-state index in [4.69, 9.17) is 14.6 Å². The Balaban J connectivity index is 2.25. The molecule has 1 aliphatic heterocycles. The van der Waals surface area contributed by atoms with Crippen molar-refractivity contribution in [3.63, 3.8) is 0 Å². The van der Waals surface area contributed by atoms with Gasteiger partial charge in [-0.05, 0) is 6.42 Å². The molecule has 0 radical (unpaired) electrons. The molecule has 1 heterocycles. The van der Waals surface area contributed by atoms with Gasteiger partial charge in [-0.1, -0.05) is 0 Å². The molecule has 84 valence electrons. The third-order valence-electron chi connectivity index (χ3n) is 2.35. The Kier molecular flexibility index (Phi) is 5.36. The highest BCUT2D eigenvalue weighted by Gasteiger charge is 2.29. The Morgan fingerprint density at radius 1 is 1.50 bits per heavy atom. The highest BCUT2D eigenvalue weighted by Crippen LogP contribution is 2.19. The average molecular weight is 205 g/mol. The summed E-state index contributed by atoms with van der Waals surface area (Å²) in [5.41, 5.74) is 0. The van der Waals surface area contributed by atoms with E-state index in [9.17, 15) is 5.11 Å². The fourth-order valence-electron chi connectivity index (χ4n) is 1.53. The monoisotopic (exact) mass is 205 g/mol. The lowest BCUT2D eigenvalue weighted by molar-refractivity contribution is -0.209. The molecule has 14 heavy (non-hydrogen) atoms. The maximum atomic E-state index is 9.60. The van der Waals surface area contributed by atoms with Crippen LogP contribution in [0.15, 0.2) is 0 Å². The van der Waals surface area contributed by atoms with Crippen molar-refractivity contribution < 1.29 is 19.7 Å². The summed E-state index contributed by atoms with van der Waals surface area (Å²) in [4.78, 5) is 0. The third-order valence-corrected chi connectivity index (χ3v) is 2.35. The normalized spacial score (nSPS) is 33.2. The van der Waals surface area contributed by atoms with Crippen molar-refractivity contribution in [3.05, 3.63) is 0 Å². The van der Waals surface area contributed by atoms with E-state index in [1.807, 2.05) is 0 Å². The van der Waals surface area contributed by atoms with Crippen LogP contribution in [0.3, 0.4) is 0 Å². The number of ether oxygens (including phenoxy) is 2. The molecule has 3 atom stereocenters. The Morgan fingerprint density at radius 3 is 2.93 bits per heavy atom. The van der Waals surface area contributed by atoms with Crippen LogP contribution < -0.4 is 5.32 Å². The average Bonchev–Trinajstić information content (AvgIpc) is 2.21. The zero-order chi connectivity index (χ0) is 10.4. The lowest BCUT2D eigenvalue weighted by Crippen LogP contribution is -2.45. The van der Waals surface area contributed by atoms with Gasteiger partial charge in [0.1, 0.15) is 0 Å². The summed E-state index contributed by atoms with van der Waals surface area (Å²) in [7, 11) is 1.60. The molecule has 5 nitrogen and oxygen atoms in total. The molecule has 0 bridgehead atoms. The molecule has 0 aromatic carbocycles. The Hall–Kier alpha value is -0.200. The maximum Gasteiger partial charge on any atom is 0.157 e. The van der Waals surface area contributed by atoms with Crippen LogP contribution in [-0.2, 0) is 9.47 Å². The van der Waals surface area contributed by atoms with Crippen LogP contribution in [0.4, 0.5) is 0 Å². The predicted molar refractivity (Wildman–Crippen MR) is 50.9 cm³/mol. The summed E-state index contributed by atoms with van der Waals surface area (Å²) in [6, 6.07) is 0. The molecule has 1 saturated heterocycles. The Morgan fingerprint density at radius 2 is 2.29 bits per heavy atom. The van der Waals surface area contributed by atoms with Crippen molar-refractivity contribution in [3.8, 4) is 0 Å². The van der Waals surface area contributed by atoms with Gasteiger partial charge in [0.2, 0.25) is 0 Å². The highest BCUT2D eigenvalue weighted by molar-refractivity contribution is 4.77. The molecule has 1 unspecified atom stereocenters. The number of nitrogens with one attached hydrogen (secondary N) is 1. The number of rotatable bonds is 5. The van der Waals surface area contributed by atoms with E-state index < -0.39 is 6.10 Å². The molecule has 0 amide bonds. The van der Waals surface area contributed by atoms with Crippen LogP contribution in [0.5, 0.6) is 0 Å². The van der Waals surface area contributed by atoms with Crippen LogP contribution >= 0.6 is 0 Å². The van der Waals surface area contributed by atoms with Gasteiger partial charge < -0.3 is 25.0 Å². The number of methoxy groups -OCH3 is 1. The van der Waals surface area contributed by atoms with Gasteiger partial charge in [-0.3, -0.25) is 0 Å². The standard InChI is InChI=1S/C9H19NO4/c1-13-9-3-2-7(12)8(14-9)6-10-4-5-11/h7-12H,2-6H2,1H3/t7-,8?,9-/m0/s1.